The molecule has 1 saturated carbocycles. The summed E-state index contributed by atoms with van der Waals surface area (Å²) < 4.78 is 43.2. The summed E-state index contributed by atoms with van der Waals surface area (Å²) in [6.45, 7) is 21.0. The van der Waals surface area contributed by atoms with Crippen molar-refractivity contribution in [3.8, 4) is 0 Å². The van der Waals surface area contributed by atoms with E-state index < -0.39 is 11.6 Å². The van der Waals surface area contributed by atoms with E-state index in [9.17, 15) is 13.2 Å². The highest BCUT2D eigenvalue weighted by atomic mass is 19.1. The third-order valence-corrected chi connectivity index (χ3v) is 8.01. The fraction of sp³-hybridized carbons (Fsp3) is 0.538. The van der Waals surface area contributed by atoms with Crippen LogP contribution in [0.4, 0.5) is 13.2 Å². The molecule has 1 aliphatic carbocycles. The minimum absolute atomic E-state index is 0.0885. The largest absolute Gasteiger partial charge is 0.378 e. The summed E-state index contributed by atoms with van der Waals surface area (Å²) in [5.74, 6) is 1.77. The summed E-state index contributed by atoms with van der Waals surface area (Å²) in [4.78, 5) is 0. The van der Waals surface area contributed by atoms with Gasteiger partial charge in [0.05, 0.1) is 6.10 Å². The van der Waals surface area contributed by atoms with Crippen molar-refractivity contribution in [2.45, 2.75) is 114 Å². The zero-order valence-electron chi connectivity index (χ0n) is 28.5. The van der Waals surface area contributed by atoms with Gasteiger partial charge in [0.2, 0.25) is 0 Å². The van der Waals surface area contributed by atoms with Crippen LogP contribution >= 0.6 is 0 Å². The van der Waals surface area contributed by atoms with Gasteiger partial charge in [-0.25, -0.2) is 13.2 Å². The Hall–Kier alpha value is -2.59. The number of hydrogen-bond donors (Lipinski definition) is 0. The topological polar surface area (TPSA) is 9.23 Å². The van der Waals surface area contributed by atoms with Crippen LogP contribution in [0.1, 0.15) is 99.6 Å². The Morgan fingerprint density at radius 3 is 1.23 bits per heavy atom. The number of halogens is 3. The third kappa shape index (κ3) is 17.3. The van der Waals surface area contributed by atoms with Crippen molar-refractivity contribution in [1.82, 2.24) is 0 Å². The Morgan fingerprint density at radius 1 is 0.488 bits per heavy atom. The second kappa shape index (κ2) is 20.4. The number of benzene rings is 3. The lowest BCUT2D eigenvalue weighted by molar-refractivity contribution is 0.000266. The molecule has 0 radical (unpaired) electrons. The Balaban J connectivity index is 0.000000269. The minimum Gasteiger partial charge on any atom is -0.378 e. The Bertz CT molecular complexity index is 1090. The van der Waals surface area contributed by atoms with Crippen LogP contribution in [0.3, 0.4) is 0 Å². The van der Waals surface area contributed by atoms with Crippen molar-refractivity contribution in [2.75, 3.05) is 6.61 Å². The highest BCUT2D eigenvalue weighted by Crippen LogP contribution is 2.27. The van der Waals surface area contributed by atoms with E-state index >= 15 is 0 Å². The van der Waals surface area contributed by atoms with Crippen molar-refractivity contribution in [1.29, 1.82) is 0 Å². The molecule has 2 unspecified atom stereocenters. The molecule has 0 bridgehead atoms. The molecule has 2 fully saturated rings. The molecular formula is C39H57F3O. The van der Waals surface area contributed by atoms with Crippen molar-refractivity contribution in [2.24, 2.45) is 17.8 Å². The fourth-order valence-electron chi connectivity index (χ4n) is 4.55. The molecule has 0 amide bonds. The lowest BCUT2D eigenvalue weighted by Gasteiger charge is -2.23. The summed E-state index contributed by atoms with van der Waals surface area (Å²) in [5, 5.41) is 0. The molecule has 1 saturated heterocycles. The van der Waals surface area contributed by atoms with Crippen LogP contribution in [-0.4, -0.2) is 12.7 Å². The van der Waals surface area contributed by atoms with Crippen LogP contribution in [0.5, 0.6) is 0 Å². The number of ether oxygens (including phenoxy) is 1. The number of aryl methyl sites for hydroxylation is 5. The molecular weight excluding hydrogens is 541 g/mol. The Kier molecular flexibility index (Phi) is 18.2. The van der Waals surface area contributed by atoms with Crippen LogP contribution in [0, 0.1) is 76.7 Å². The number of rotatable bonds is 0. The molecule has 1 heterocycles. The van der Waals surface area contributed by atoms with E-state index in [0.29, 0.717) is 17.2 Å². The van der Waals surface area contributed by atoms with Gasteiger partial charge in [-0.3, -0.25) is 0 Å². The van der Waals surface area contributed by atoms with Gasteiger partial charge in [0, 0.05) is 12.2 Å². The smallest absolute Gasteiger partial charge is 0.129 e. The maximum absolute atomic E-state index is 12.6. The van der Waals surface area contributed by atoms with E-state index in [1.54, 1.807) is 19.9 Å². The molecule has 2 aliphatic rings. The zero-order valence-corrected chi connectivity index (χ0v) is 28.5. The molecule has 3 aromatic rings. The molecule has 0 spiro atoms. The molecule has 1 nitrogen and oxygen atoms in total. The van der Waals surface area contributed by atoms with Gasteiger partial charge in [-0.15, -0.1) is 0 Å². The quantitative estimate of drug-likeness (QED) is 0.250. The normalized spacial score (nSPS) is 20.9. The molecule has 43 heavy (non-hydrogen) atoms. The Morgan fingerprint density at radius 2 is 0.884 bits per heavy atom. The van der Waals surface area contributed by atoms with Gasteiger partial charge >= 0.3 is 0 Å². The summed E-state index contributed by atoms with van der Waals surface area (Å²) in [5.41, 5.74) is 5.04. The predicted molar refractivity (Wildman–Crippen MR) is 178 cm³/mol. The highest BCUT2D eigenvalue weighted by Gasteiger charge is 2.14. The predicted octanol–water partition coefficient (Wildman–Crippen LogP) is 12.0. The second-order valence-electron chi connectivity index (χ2n) is 13.0. The van der Waals surface area contributed by atoms with Crippen LogP contribution in [-0.2, 0) is 4.74 Å². The third-order valence-electron chi connectivity index (χ3n) is 8.01. The molecule has 4 heteroatoms. The van der Waals surface area contributed by atoms with Crippen LogP contribution in [0.15, 0.2) is 54.6 Å². The minimum atomic E-state index is -0.475. The molecule has 1 aliphatic heterocycles. The first kappa shape index (κ1) is 38.4. The first-order valence-corrected chi connectivity index (χ1v) is 16.0. The average Bonchev–Trinajstić information content (AvgIpc) is 2.96. The molecule has 2 atom stereocenters. The standard InChI is InChI=1S/C8H8F2.C8H9F.C8H16.C8H10.C7H14O/c1-5-3-7(9)6(2)8(10)4-5;1-6-3-4-7(2)8(9)5-6;2*1-7-3-5-8(2)6-4-7;1-6-3-4-7(2)8-5-6/h3-4H,1-2H3;3-5H,1-2H3;7-8H,3-6H2,1-2H3;3-6H,1-2H3;6-7H,3-5H2,1-2H3. The van der Waals surface area contributed by atoms with E-state index in [2.05, 4.69) is 65.8 Å². The van der Waals surface area contributed by atoms with Gasteiger partial charge in [-0.05, 0) is 114 Å². The van der Waals surface area contributed by atoms with Gasteiger partial charge in [0.25, 0.3) is 0 Å². The highest BCUT2D eigenvalue weighted by molar-refractivity contribution is 5.24. The van der Waals surface area contributed by atoms with Gasteiger partial charge in [-0.2, -0.15) is 0 Å². The first-order chi connectivity index (χ1) is 20.2. The molecule has 3 aromatic carbocycles. The molecule has 5 rings (SSSR count). The second-order valence-corrected chi connectivity index (χ2v) is 13.0. The van der Waals surface area contributed by atoms with Gasteiger partial charge < -0.3 is 4.74 Å². The SMILES string of the molecule is CC1CCC(C)CC1.CC1CCC(C)OC1.Cc1cc(F)c(C)c(F)c1.Cc1ccc(C)c(F)c1.Cc1ccc(C)cc1. The average molecular weight is 599 g/mol. The monoisotopic (exact) mass is 598 g/mol. The van der Waals surface area contributed by atoms with Crippen LogP contribution in [0.25, 0.3) is 0 Å². The van der Waals surface area contributed by atoms with Crippen molar-refractivity contribution in [3.63, 3.8) is 0 Å². The van der Waals surface area contributed by atoms with E-state index in [0.717, 1.165) is 29.9 Å². The zero-order chi connectivity index (χ0) is 32.5. The lowest BCUT2D eigenvalue weighted by atomic mass is 9.84. The summed E-state index contributed by atoms with van der Waals surface area (Å²) in [6, 6.07) is 16.3. The van der Waals surface area contributed by atoms with Crippen LogP contribution in [0.2, 0.25) is 0 Å². The first-order valence-electron chi connectivity index (χ1n) is 16.0. The van der Waals surface area contributed by atoms with Gasteiger partial charge in [0.15, 0.2) is 0 Å². The summed E-state index contributed by atoms with van der Waals surface area (Å²) in [6.07, 6.45) is 9.01. The van der Waals surface area contributed by atoms with Crippen LogP contribution < -0.4 is 0 Å². The fourth-order valence-corrected chi connectivity index (χ4v) is 4.55. The molecule has 0 aromatic heterocycles. The van der Waals surface area contributed by atoms with E-state index in [1.807, 2.05) is 13.0 Å². The molecule has 0 N–H and O–H groups in total. The Labute approximate surface area is 261 Å². The van der Waals surface area contributed by atoms with Gasteiger partial charge in [0.1, 0.15) is 17.5 Å². The van der Waals surface area contributed by atoms with Crippen molar-refractivity contribution < 1.29 is 17.9 Å². The van der Waals surface area contributed by atoms with Gasteiger partial charge in [-0.1, -0.05) is 94.0 Å². The van der Waals surface area contributed by atoms with Crippen molar-refractivity contribution >= 4 is 0 Å². The van der Waals surface area contributed by atoms with E-state index in [1.165, 1.54) is 74.8 Å². The maximum Gasteiger partial charge on any atom is 0.129 e. The van der Waals surface area contributed by atoms with E-state index in [4.69, 9.17) is 4.74 Å². The number of hydrogen-bond acceptors (Lipinski definition) is 1. The lowest BCUT2D eigenvalue weighted by Crippen LogP contribution is -2.21. The summed E-state index contributed by atoms with van der Waals surface area (Å²) >= 11 is 0. The van der Waals surface area contributed by atoms with Crippen molar-refractivity contribution in [3.05, 3.63) is 105 Å². The summed E-state index contributed by atoms with van der Waals surface area (Å²) in [7, 11) is 0. The van der Waals surface area contributed by atoms with E-state index in [-0.39, 0.29) is 11.4 Å². The molecule has 240 valence electrons. The maximum atomic E-state index is 12.6.